The van der Waals surface area contributed by atoms with Crippen LogP contribution < -0.4 is 10.0 Å². The predicted octanol–water partition coefficient (Wildman–Crippen LogP) is 2.38. The molecule has 1 amide bonds. The largest absolute Gasteiger partial charge is 0.395 e. The van der Waals surface area contributed by atoms with E-state index in [9.17, 15) is 14.3 Å². The number of halogens is 1. The fourth-order valence-corrected chi connectivity index (χ4v) is 4.10. The van der Waals surface area contributed by atoms with Gasteiger partial charge in [-0.05, 0) is 50.3 Å². The van der Waals surface area contributed by atoms with Gasteiger partial charge in [-0.2, -0.15) is 9.65 Å². The van der Waals surface area contributed by atoms with Gasteiger partial charge in [0.2, 0.25) is 5.95 Å². The maximum absolute atomic E-state index is 13.5. The van der Waals surface area contributed by atoms with Crippen LogP contribution in [-0.4, -0.2) is 33.2 Å². The van der Waals surface area contributed by atoms with Crippen LogP contribution in [0.4, 0.5) is 10.1 Å². The Morgan fingerprint density at radius 1 is 1.56 bits per heavy atom. The molecule has 0 aliphatic carbocycles. The molecule has 0 saturated heterocycles. The van der Waals surface area contributed by atoms with Gasteiger partial charge in [-0.25, -0.2) is 4.98 Å². The number of amides is 1. The Bertz CT molecular complexity index is 921. The number of pyridine rings is 1. The lowest BCUT2D eigenvalue weighted by atomic mass is 10.2. The lowest BCUT2D eigenvalue weighted by Crippen LogP contribution is -2.23. The molecule has 1 atom stereocenters. The highest BCUT2D eigenvalue weighted by Crippen LogP contribution is 2.35. The first-order valence-electron chi connectivity index (χ1n) is 8.58. The molecule has 9 heteroatoms. The number of hydrogen-bond donors (Lipinski definition) is 3. The number of aromatic nitrogens is 2. The van der Waals surface area contributed by atoms with Crippen molar-refractivity contribution in [2.75, 3.05) is 11.9 Å². The van der Waals surface area contributed by atoms with Crippen molar-refractivity contribution in [2.24, 2.45) is 0 Å². The van der Waals surface area contributed by atoms with E-state index in [4.69, 9.17) is 5.26 Å². The van der Waals surface area contributed by atoms with Gasteiger partial charge in [-0.3, -0.25) is 9.52 Å². The number of nitrogens with one attached hydrogen (secondary N) is 2. The molecule has 7 nitrogen and oxygen atoms in total. The molecule has 3 rings (SSSR count). The summed E-state index contributed by atoms with van der Waals surface area (Å²) in [5, 5.41) is 20.8. The predicted molar refractivity (Wildman–Crippen MR) is 99.9 cm³/mol. The van der Waals surface area contributed by atoms with Crippen molar-refractivity contribution in [2.45, 2.75) is 44.2 Å². The van der Waals surface area contributed by atoms with Gasteiger partial charge < -0.3 is 15.0 Å². The molecular formula is C18H20FN5O2S. The van der Waals surface area contributed by atoms with Crippen LogP contribution in [0.2, 0.25) is 0 Å². The van der Waals surface area contributed by atoms with Crippen LogP contribution in [-0.2, 0) is 13.0 Å². The number of rotatable bonds is 6. The second-order valence-electron chi connectivity index (χ2n) is 6.44. The topological polar surface area (TPSA) is 103 Å². The molecule has 2 aromatic rings. The molecule has 0 radical (unpaired) electrons. The van der Waals surface area contributed by atoms with E-state index < -0.39 is 5.95 Å². The molecule has 0 aromatic carbocycles. The smallest absolute Gasteiger partial charge is 0.272 e. The Hall–Kier alpha value is -2.41. The number of aliphatic hydroxyl groups excluding tert-OH is 1. The first-order chi connectivity index (χ1) is 12.9. The number of nitrogens with zero attached hydrogens (tertiary/aromatic N) is 3. The molecule has 0 spiro atoms. The molecule has 0 bridgehead atoms. The number of carbonyl (C=O) groups is 1. The van der Waals surface area contributed by atoms with E-state index in [2.05, 4.69) is 15.0 Å². The standard InChI is InChI=1S/C18H20FN5O2S/c1-10(9-25)23-27-17-11(2)16(24-5-3-4-14(17)24)18(26)22-12-6-13(8-20)21-15(19)7-12/h6-7,10,23,25H,3-5,9H2,1-2H3,(H,21,22,26). The van der Waals surface area contributed by atoms with Crippen LogP contribution in [0.15, 0.2) is 17.0 Å². The highest BCUT2D eigenvalue weighted by molar-refractivity contribution is 7.97. The van der Waals surface area contributed by atoms with Gasteiger partial charge in [-0.15, -0.1) is 0 Å². The third-order valence-electron chi connectivity index (χ3n) is 4.37. The maximum Gasteiger partial charge on any atom is 0.272 e. The van der Waals surface area contributed by atoms with Crippen molar-refractivity contribution in [3.05, 3.63) is 40.7 Å². The summed E-state index contributed by atoms with van der Waals surface area (Å²) in [4.78, 5) is 17.3. The summed E-state index contributed by atoms with van der Waals surface area (Å²) in [6.45, 7) is 4.51. The molecular weight excluding hydrogens is 369 g/mol. The van der Waals surface area contributed by atoms with Crippen LogP contribution in [0.1, 0.15) is 40.8 Å². The SMILES string of the molecule is Cc1c(SNC(C)CO)c2n(c1C(=O)Nc1cc(F)nc(C#N)c1)CCC2. The van der Waals surface area contributed by atoms with Gasteiger partial charge in [0, 0.05) is 34.9 Å². The van der Waals surface area contributed by atoms with Crippen molar-refractivity contribution in [3.8, 4) is 6.07 Å². The Kier molecular flexibility index (Phi) is 5.79. The zero-order valence-electron chi connectivity index (χ0n) is 15.0. The first kappa shape index (κ1) is 19.4. The van der Waals surface area contributed by atoms with Crippen LogP contribution in [0, 0.1) is 24.2 Å². The Labute approximate surface area is 160 Å². The minimum absolute atomic E-state index is 0.0181. The van der Waals surface area contributed by atoms with E-state index in [1.54, 1.807) is 6.07 Å². The number of anilines is 1. The molecule has 3 heterocycles. The number of hydrogen-bond acceptors (Lipinski definition) is 6. The van der Waals surface area contributed by atoms with E-state index in [0.717, 1.165) is 41.6 Å². The fourth-order valence-electron chi connectivity index (χ4n) is 3.13. The zero-order valence-corrected chi connectivity index (χ0v) is 15.9. The second kappa shape index (κ2) is 8.08. The lowest BCUT2D eigenvalue weighted by Gasteiger charge is -2.10. The number of fused-ring (bicyclic) bond motifs is 1. The normalized spacial score (nSPS) is 13.9. The average Bonchev–Trinajstić information content (AvgIpc) is 3.19. The lowest BCUT2D eigenvalue weighted by molar-refractivity contribution is 0.101. The van der Waals surface area contributed by atoms with Gasteiger partial charge in [0.25, 0.3) is 5.91 Å². The Balaban J connectivity index is 1.89. The summed E-state index contributed by atoms with van der Waals surface area (Å²) in [5.41, 5.74) is 2.54. The quantitative estimate of drug-likeness (QED) is 0.518. The number of aliphatic hydroxyl groups is 1. The van der Waals surface area contributed by atoms with E-state index in [1.807, 2.05) is 18.4 Å². The summed E-state index contributed by atoms with van der Waals surface area (Å²) < 4.78 is 18.7. The van der Waals surface area contributed by atoms with Crippen LogP contribution in [0.5, 0.6) is 0 Å². The van der Waals surface area contributed by atoms with Crippen molar-refractivity contribution < 1.29 is 14.3 Å². The van der Waals surface area contributed by atoms with Gasteiger partial charge in [0.05, 0.1) is 6.61 Å². The summed E-state index contributed by atoms with van der Waals surface area (Å²) in [6.07, 6.45) is 1.82. The molecule has 3 N–H and O–H groups in total. The van der Waals surface area contributed by atoms with Gasteiger partial charge in [-0.1, -0.05) is 0 Å². The van der Waals surface area contributed by atoms with E-state index in [1.165, 1.54) is 18.0 Å². The first-order valence-corrected chi connectivity index (χ1v) is 9.40. The van der Waals surface area contributed by atoms with Gasteiger partial charge >= 0.3 is 0 Å². The molecule has 1 aliphatic rings. The van der Waals surface area contributed by atoms with E-state index in [-0.39, 0.29) is 29.9 Å². The molecule has 27 heavy (non-hydrogen) atoms. The highest BCUT2D eigenvalue weighted by Gasteiger charge is 2.28. The van der Waals surface area contributed by atoms with Crippen LogP contribution in [0.25, 0.3) is 0 Å². The second-order valence-corrected chi connectivity index (χ2v) is 7.29. The fraction of sp³-hybridized carbons (Fsp3) is 0.389. The minimum Gasteiger partial charge on any atom is -0.395 e. The summed E-state index contributed by atoms with van der Waals surface area (Å²) in [6, 6.07) is 4.12. The number of nitriles is 1. The minimum atomic E-state index is -0.820. The van der Waals surface area contributed by atoms with Crippen LogP contribution >= 0.6 is 11.9 Å². The molecule has 142 valence electrons. The zero-order chi connectivity index (χ0) is 19.6. The maximum atomic E-state index is 13.5. The van der Waals surface area contributed by atoms with E-state index >= 15 is 0 Å². The van der Waals surface area contributed by atoms with Crippen molar-refractivity contribution >= 4 is 23.5 Å². The molecule has 0 saturated carbocycles. The molecule has 2 aromatic heterocycles. The average molecular weight is 389 g/mol. The van der Waals surface area contributed by atoms with Crippen molar-refractivity contribution in [1.82, 2.24) is 14.3 Å². The third-order valence-corrected chi connectivity index (χ3v) is 5.63. The van der Waals surface area contributed by atoms with E-state index in [0.29, 0.717) is 5.69 Å². The third kappa shape index (κ3) is 3.98. The van der Waals surface area contributed by atoms with Crippen LogP contribution in [0.3, 0.4) is 0 Å². The molecule has 1 aliphatic heterocycles. The highest BCUT2D eigenvalue weighted by atomic mass is 32.2. The molecule has 0 fully saturated rings. The summed E-state index contributed by atoms with van der Waals surface area (Å²) in [5.74, 6) is -1.17. The molecule has 1 unspecified atom stereocenters. The summed E-state index contributed by atoms with van der Waals surface area (Å²) >= 11 is 1.41. The van der Waals surface area contributed by atoms with Gasteiger partial charge in [0.15, 0.2) is 0 Å². The van der Waals surface area contributed by atoms with Crippen molar-refractivity contribution in [3.63, 3.8) is 0 Å². The van der Waals surface area contributed by atoms with Gasteiger partial charge in [0.1, 0.15) is 17.5 Å². The monoisotopic (exact) mass is 389 g/mol. The summed E-state index contributed by atoms with van der Waals surface area (Å²) in [7, 11) is 0. The Morgan fingerprint density at radius 3 is 3.04 bits per heavy atom. The Morgan fingerprint density at radius 2 is 2.33 bits per heavy atom. The van der Waals surface area contributed by atoms with Crippen molar-refractivity contribution in [1.29, 1.82) is 5.26 Å². The number of carbonyl (C=O) groups excluding carboxylic acids is 1.